The maximum Gasteiger partial charge on any atom is 0.278 e. The SMILES string of the molecule is Brc1cccc2cccnc12.O=[N+]([O-])c1ccc(Br)c2ncccc12. The van der Waals surface area contributed by atoms with E-state index in [1.54, 1.807) is 30.6 Å². The first-order chi connectivity index (χ1) is 12.1. The summed E-state index contributed by atoms with van der Waals surface area (Å²) in [6.45, 7) is 0. The highest BCUT2D eigenvalue weighted by atomic mass is 79.9. The number of rotatable bonds is 1. The fourth-order valence-corrected chi connectivity index (χ4v) is 3.28. The third-order valence-corrected chi connectivity index (χ3v) is 4.76. The van der Waals surface area contributed by atoms with Crippen LogP contribution in [-0.4, -0.2) is 14.9 Å². The Balaban J connectivity index is 0.000000150. The molecule has 0 bridgehead atoms. The summed E-state index contributed by atoms with van der Waals surface area (Å²) in [5, 5.41) is 12.4. The molecule has 0 unspecified atom stereocenters. The molecule has 4 aromatic rings. The van der Waals surface area contributed by atoms with Crippen LogP contribution in [0.4, 0.5) is 5.69 Å². The molecule has 0 saturated carbocycles. The van der Waals surface area contributed by atoms with Crippen LogP contribution >= 0.6 is 31.9 Å². The van der Waals surface area contributed by atoms with Gasteiger partial charge in [-0.1, -0.05) is 18.2 Å². The van der Waals surface area contributed by atoms with E-state index in [1.165, 1.54) is 11.5 Å². The predicted octanol–water partition coefficient (Wildman–Crippen LogP) is 5.90. The molecular weight excluding hydrogens is 450 g/mol. The Morgan fingerprint density at radius 3 is 2.16 bits per heavy atom. The van der Waals surface area contributed by atoms with Crippen molar-refractivity contribution in [2.75, 3.05) is 0 Å². The number of para-hydroxylation sites is 1. The van der Waals surface area contributed by atoms with Crippen molar-refractivity contribution in [1.82, 2.24) is 9.97 Å². The molecule has 4 rings (SSSR count). The number of nitro groups is 1. The quantitative estimate of drug-likeness (QED) is 0.262. The number of halogens is 2. The van der Waals surface area contributed by atoms with Gasteiger partial charge in [-0.15, -0.1) is 0 Å². The van der Waals surface area contributed by atoms with Crippen LogP contribution in [0.5, 0.6) is 0 Å². The van der Waals surface area contributed by atoms with Gasteiger partial charge < -0.3 is 0 Å². The lowest BCUT2D eigenvalue weighted by Crippen LogP contribution is -1.90. The van der Waals surface area contributed by atoms with Crippen LogP contribution < -0.4 is 0 Å². The fourth-order valence-electron chi connectivity index (χ4n) is 2.35. The summed E-state index contributed by atoms with van der Waals surface area (Å²) in [6.07, 6.45) is 3.41. The van der Waals surface area contributed by atoms with Crippen LogP contribution in [0, 0.1) is 10.1 Å². The van der Waals surface area contributed by atoms with Crippen molar-refractivity contribution in [3.05, 3.63) is 86.1 Å². The van der Waals surface area contributed by atoms with E-state index in [9.17, 15) is 10.1 Å². The van der Waals surface area contributed by atoms with Crippen LogP contribution in [0.15, 0.2) is 75.9 Å². The third-order valence-electron chi connectivity index (χ3n) is 3.48. The van der Waals surface area contributed by atoms with Crippen LogP contribution in [0.1, 0.15) is 0 Å². The van der Waals surface area contributed by atoms with Gasteiger partial charge in [0.1, 0.15) is 0 Å². The number of benzene rings is 2. The molecule has 25 heavy (non-hydrogen) atoms. The van der Waals surface area contributed by atoms with Gasteiger partial charge >= 0.3 is 0 Å². The lowest BCUT2D eigenvalue weighted by Gasteiger charge is -1.99. The first-order valence-corrected chi connectivity index (χ1v) is 8.83. The number of non-ortho nitro benzene ring substituents is 1. The van der Waals surface area contributed by atoms with Gasteiger partial charge in [0.2, 0.25) is 0 Å². The molecule has 124 valence electrons. The van der Waals surface area contributed by atoms with E-state index in [1.807, 2.05) is 30.3 Å². The number of nitrogens with zero attached hydrogens (tertiary/aromatic N) is 3. The van der Waals surface area contributed by atoms with Gasteiger partial charge in [-0.25, -0.2) is 0 Å². The number of hydrogen-bond donors (Lipinski definition) is 0. The first-order valence-electron chi connectivity index (χ1n) is 7.25. The molecule has 2 heterocycles. The van der Waals surface area contributed by atoms with Crippen molar-refractivity contribution in [1.29, 1.82) is 0 Å². The van der Waals surface area contributed by atoms with Crippen molar-refractivity contribution in [2.45, 2.75) is 0 Å². The molecule has 0 aliphatic rings. The topological polar surface area (TPSA) is 68.9 Å². The molecule has 0 amide bonds. The molecule has 7 heteroatoms. The summed E-state index contributed by atoms with van der Waals surface area (Å²) in [5.41, 5.74) is 1.72. The van der Waals surface area contributed by atoms with E-state index >= 15 is 0 Å². The lowest BCUT2D eigenvalue weighted by atomic mass is 10.2. The standard InChI is InChI=1S/C9H5BrN2O2.C9H6BrN/c10-7-3-4-8(12(13)14)6-2-1-5-11-9(6)7;10-8-5-1-3-7-4-2-6-11-9(7)8/h1-5H;1-6H. The lowest BCUT2D eigenvalue weighted by molar-refractivity contribution is -0.383. The Bertz CT molecular complexity index is 1060. The van der Waals surface area contributed by atoms with Gasteiger partial charge in [0.05, 0.1) is 21.3 Å². The van der Waals surface area contributed by atoms with Crippen molar-refractivity contribution >= 4 is 59.4 Å². The minimum atomic E-state index is -0.406. The first kappa shape index (κ1) is 17.4. The van der Waals surface area contributed by atoms with Gasteiger partial charge in [-0.05, 0) is 62.2 Å². The fraction of sp³-hybridized carbons (Fsp3) is 0. The Morgan fingerprint density at radius 1 is 0.800 bits per heavy atom. The van der Waals surface area contributed by atoms with E-state index in [-0.39, 0.29) is 5.69 Å². The Morgan fingerprint density at radius 2 is 1.44 bits per heavy atom. The Hall–Kier alpha value is -2.38. The van der Waals surface area contributed by atoms with E-state index in [4.69, 9.17) is 0 Å². The largest absolute Gasteiger partial charge is 0.278 e. The zero-order valence-electron chi connectivity index (χ0n) is 12.8. The van der Waals surface area contributed by atoms with Crippen LogP contribution in [0.25, 0.3) is 21.8 Å². The number of pyridine rings is 2. The van der Waals surface area contributed by atoms with Gasteiger partial charge in [0, 0.05) is 32.8 Å². The predicted molar refractivity (Wildman–Crippen MR) is 106 cm³/mol. The third kappa shape index (κ3) is 3.83. The van der Waals surface area contributed by atoms with E-state index in [0.717, 1.165) is 14.5 Å². The van der Waals surface area contributed by atoms with Crippen molar-refractivity contribution in [2.24, 2.45) is 0 Å². The van der Waals surface area contributed by atoms with Crippen LogP contribution in [0.3, 0.4) is 0 Å². The van der Waals surface area contributed by atoms with Crippen molar-refractivity contribution in [3.8, 4) is 0 Å². The highest BCUT2D eigenvalue weighted by Gasteiger charge is 2.13. The van der Waals surface area contributed by atoms with Crippen LogP contribution in [-0.2, 0) is 0 Å². The van der Waals surface area contributed by atoms with Gasteiger partial charge in [0.25, 0.3) is 5.69 Å². The number of hydrogen-bond acceptors (Lipinski definition) is 4. The normalized spacial score (nSPS) is 10.3. The summed E-state index contributed by atoms with van der Waals surface area (Å²) in [5.74, 6) is 0. The second-order valence-electron chi connectivity index (χ2n) is 5.04. The molecule has 0 atom stereocenters. The van der Waals surface area contributed by atoms with E-state index in [2.05, 4.69) is 41.8 Å². The minimum absolute atomic E-state index is 0.0799. The molecule has 0 radical (unpaired) electrons. The zero-order valence-corrected chi connectivity index (χ0v) is 15.9. The van der Waals surface area contributed by atoms with Gasteiger partial charge in [-0.3, -0.25) is 20.1 Å². The minimum Gasteiger partial charge on any atom is -0.258 e. The smallest absolute Gasteiger partial charge is 0.258 e. The molecule has 0 aliphatic carbocycles. The number of nitro benzene ring substituents is 1. The monoisotopic (exact) mass is 459 g/mol. The number of fused-ring (bicyclic) bond motifs is 2. The molecule has 0 spiro atoms. The zero-order chi connectivity index (χ0) is 17.8. The second kappa shape index (κ2) is 7.67. The molecule has 2 aromatic carbocycles. The second-order valence-corrected chi connectivity index (χ2v) is 6.75. The number of aromatic nitrogens is 2. The van der Waals surface area contributed by atoms with Crippen LogP contribution in [0.2, 0.25) is 0 Å². The average molecular weight is 461 g/mol. The molecule has 2 aromatic heterocycles. The maximum atomic E-state index is 10.7. The summed E-state index contributed by atoms with van der Waals surface area (Å²) in [6, 6.07) is 16.5. The van der Waals surface area contributed by atoms with Crippen molar-refractivity contribution in [3.63, 3.8) is 0 Å². The Kier molecular flexibility index (Phi) is 5.35. The van der Waals surface area contributed by atoms with E-state index < -0.39 is 4.92 Å². The van der Waals surface area contributed by atoms with Gasteiger partial charge in [0.15, 0.2) is 0 Å². The summed E-state index contributed by atoms with van der Waals surface area (Å²) < 4.78 is 1.81. The maximum absolute atomic E-state index is 10.7. The van der Waals surface area contributed by atoms with Gasteiger partial charge in [-0.2, -0.15) is 0 Å². The van der Waals surface area contributed by atoms with Crippen molar-refractivity contribution < 1.29 is 4.92 Å². The average Bonchev–Trinajstić information content (AvgIpc) is 2.63. The molecular formula is C18H11Br2N3O2. The summed E-state index contributed by atoms with van der Waals surface area (Å²) in [4.78, 5) is 18.6. The molecule has 0 N–H and O–H groups in total. The molecule has 0 fully saturated rings. The highest BCUT2D eigenvalue weighted by molar-refractivity contribution is 9.11. The molecule has 0 aliphatic heterocycles. The van der Waals surface area contributed by atoms with E-state index in [0.29, 0.717) is 10.9 Å². The molecule has 0 saturated heterocycles. The summed E-state index contributed by atoms with van der Waals surface area (Å²) in [7, 11) is 0. The Labute approximate surface area is 160 Å². The highest BCUT2D eigenvalue weighted by Crippen LogP contribution is 2.29. The summed E-state index contributed by atoms with van der Waals surface area (Å²) >= 11 is 6.73. The molecule has 5 nitrogen and oxygen atoms in total.